The number of nitrogens with two attached hydrogens (primary N) is 1. The SMILES string of the molecule is Nc1[nH]c(=O)c(C(=O)NCC2CCN(CCN3CCCC3)CC2)cc1Cl. The van der Waals surface area contributed by atoms with Gasteiger partial charge >= 0.3 is 0 Å². The van der Waals surface area contributed by atoms with Crippen LogP contribution >= 0.6 is 11.6 Å². The highest BCUT2D eigenvalue weighted by molar-refractivity contribution is 6.33. The van der Waals surface area contributed by atoms with Gasteiger partial charge in [0.2, 0.25) is 0 Å². The van der Waals surface area contributed by atoms with E-state index in [2.05, 4.69) is 20.1 Å². The van der Waals surface area contributed by atoms with E-state index in [0.717, 1.165) is 32.5 Å². The van der Waals surface area contributed by atoms with Crippen LogP contribution < -0.4 is 16.6 Å². The summed E-state index contributed by atoms with van der Waals surface area (Å²) < 4.78 is 0. The van der Waals surface area contributed by atoms with Gasteiger partial charge < -0.3 is 25.8 Å². The number of carbonyl (C=O) groups excluding carboxylic acids is 1. The molecular weight excluding hydrogens is 354 g/mol. The molecule has 0 aliphatic carbocycles. The van der Waals surface area contributed by atoms with Crippen LogP contribution in [0.4, 0.5) is 5.82 Å². The highest BCUT2D eigenvalue weighted by atomic mass is 35.5. The first-order valence-corrected chi connectivity index (χ1v) is 9.82. The van der Waals surface area contributed by atoms with Gasteiger partial charge in [0.15, 0.2) is 0 Å². The molecule has 3 heterocycles. The third-order valence-electron chi connectivity index (χ3n) is 5.46. The minimum absolute atomic E-state index is 0.00671. The number of H-pyrrole nitrogens is 1. The van der Waals surface area contributed by atoms with Gasteiger partial charge in [-0.05, 0) is 63.8 Å². The normalized spacial score (nSPS) is 19.7. The zero-order chi connectivity index (χ0) is 18.5. The summed E-state index contributed by atoms with van der Waals surface area (Å²) in [6, 6.07) is 1.33. The van der Waals surface area contributed by atoms with Crippen LogP contribution in [-0.2, 0) is 0 Å². The van der Waals surface area contributed by atoms with Crippen molar-refractivity contribution < 1.29 is 4.79 Å². The Morgan fingerprint density at radius 3 is 2.46 bits per heavy atom. The number of pyridine rings is 1. The summed E-state index contributed by atoms with van der Waals surface area (Å²) in [5, 5.41) is 3.04. The molecule has 0 unspecified atom stereocenters. The number of piperidine rings is 1. The average Bonchev–Trinajstić information content (AvgIpc) is 3.15. The van der Waals surface area contributed by atoms with Crippen LogP contribution in [0, 0.1) is 5.92 Å². The third-order valence-corrected chi connectivity index (χ3v) is 5.77. The Bertz CT molecular complexity index is 679. The van der Waals surface area contributed by atoms with Crippen molar-refractivity contribution in [3.63, 3.8) is 0 Å². The van der Waals surface area contributed by atoms with Gasteiger partial charge in [0.05, 0.1) is 5.02 Å². The summed E-state index contributed by atoms with van der Waals surface area (Å²) in [5.74, 6) is 0.129. The van der Waals surface area contributed by atoms with Crippen LogP contribution in [0.5, 0.6) is 0 Å². The topological polar surface area (TPSA) is 94.5 Å². The lowest BCUT2D eigenvalue weighted by molar-refractivity contribution is 0.0933. The number of carbonyl (C=O) groups is 1. The van der Waals surface area contributed by atoms with Gasteiger partial charge in [-0.3, -0.25) is 9.59 Å². The van der Waals surface area contributed by atoms with E-state index in [-0.39, 0.29) is 16.4 Å². The van der Waals surface area contributed by atoms with Gasteiger partial charge in [-0.15, -0.1) is 0 Å². The number of aromatic amines is 1. The van der Waals surface area contributed by atoms with Gasteiger partial charge in [0.1, 0.15) is 11.4 Å². The minimum atomic E-state index is -0.513. The molecule has 1 aromatic heterocycles. The monoisotopic (exact) mass is 381 g/mol. The van der Waals surface area contributed by atoms with Crippen molar-refractivity contribution in [3.8, 4) is 0 Å². The highest BCUT2D eigenvalue weighted by Crippen LogP contribution is 2.17. The molecule has 3 rings (SSSR count). The summed E-state index contributed by atoms with van der Waals surface area (Å²) in [6.07, 6.45) is 4.81. The van der Waals surface area contributed by atoms with Crippen LogP contribution in [-0.4, -0.2) is 66.5 Å². The van der Waals surface area contributed by atoms with Gasteiger partial charge in [-0.25, -0.2) is 0 Å². The van der Waals surface area contributed by atoms with Crippen molar-refractivity contribution in [1.82, 2.24) is 20.1 Å². The summed E-state index contributed by atoms with van der Waals surface area (Å²) in [4.78, 5) is 31.5. The number of hydrogen-bond acceptors (Lipinski definition) is 5. The second-order valence-electron chi connectivity index (χ2n) is 7.32. The van der Waals surface area contributed by atoms with Gasteiger partial charge in [-0.1, -0.05) is 11.6 Å². The van der Waals surface area contributed by atoms with E-state index in [1.807, 2.05) is 0 Å². The summed E-state index contributed by atoms with van der Waals surface area (Å²) >= 11 is 5.89. The summed E-state index contributed by atoms with van der Waals surface area (Å²) in [5.41, 5.74) is 5.03. The molecule has 0 radical (unpaired) electrons. The van der Waals surface area contributed by atoms with E-state index in [1.54, 1.807) is 0 Å². The molecule has 144 valence electrons. The highest BCUT2D eigenvalue weighted by Gasteiger charge is 2.21. The largest absolute Gasteiger partial charge is 0.384 e. The first-order chi connectivity index (χ1) is 12.5. The molecule has 1 aromatic rings. The fourth-order valence-corrected chi connectivity index (χ4v) is 3.88. The molecule has 7 nitrogen and oxygen atoms in total. The number of hydrogen-bond donors (Lipinski definition) is 3. The van der Waals surface area contributed by atoms with Crippen molar-refractivity contribution in [2.45, 2.75) is 25.7 Å². The van der Waals surface area contributed by atoms with E-state index < -0.39 is 11.5 Å². The Morgan fingerprint density at radius 1 is 1.19 bits per heavy atom. The molecule has 8 heteroatoms. The molecule has 4 N–H and O–H groups in total. The molecule has 0 spiro atoms. The van der Waals surface area contributed by atoms with Crippen molar-refractivity contribution >= 4 is 23.3 Å². The number of nitrogen functional groups attached to an aromatic ring is 1. The fourth-order valence-electron chi connectivity index (χ4n) is 3.72. The van der Waals surface area contributed by atoms with Crippen LogP contribution in [0.2, 0.25) is 5.02 Å². The zero-order valence-electron chi connectivity index (χ0n) is 15.1. The second kappa shape index (κ2) is 8.88. The Hall–Kier alpha value is -1.57. The number of anilines is 1. The lowest BCUT2D eigenvalue weighted by Crippen LogP contribution is -2.42. The number of rotatable bonds is 6. The summed E-state index contributed by atoms with van der Waals surface area (Å²) in [7, 11) is 0. The van der Waals surface area contributed by atoms with E-state index >= 15 is 0 Å². The molecule has 0 aromatic carbocycles. The molecular formula is C18H28ClN5O2. The summed E-state index contributed by atoms with van der Waals surface area (Å²) in [6.45, 7) is 7.53. The molecule has 0 atom stereocenters. The van der Waals surface area contributed by atoms with Crippen molar-refractivity contribution in [2.24, 2.45) is 5.92 Å². The molecule has 0 saturated carbocycles. The molecule has 0 bridgehead atoms. The fraction of sp³-hybridized carbons (Fsp3) is 0.667. The molecule has 2 aliphatic heterocycles. The number of nitrogens with zero attached hydrogens (tertiary/aromatic N) is 2. The Kier molecular flexibility index (Phi) is 6.56. The maximum Gasteiger partial charge on any atom is 0.262 e. The van der Waals surface area contributed by atoms with Crippen molar-refractivity contribution in [2.75, 3.05) is 51.5 Å². The first-order valence-electron chi connectivity index (χ1n) is 9.44. The molecule has 1 amide bonds. The predicted octanol–water partition coefficient (Wildman–Crippen LogP) is 1.15. The van der Waals surface area contributed by atoms with Crippen LogP contribution in [0.15, 0.2) is 10.9 Å². The second-order valence-corrected chi connectivity index (χ2v) is 7.72. The Balaban J connectivity index is 1.40. The Morgan fingerprint density at radius 2 is 1.81 bits per heavy atom. The van der Waals surface area contributed by atoms with Crippen molar-refractivity contribution in [3.05, 3.63) is 27.0 Å². The van der Waals surface area contributed by atoms with E-state index in [4.69, 9.17) is 17.3 Å². The molecule has 2 fully saturated rings. The molecule has 2 aliphatic rings. The van der Waals surface area contributed by atoms with Gasteiger partial charge in [0, 0.05) is 19.6 Å². The van der Waals surface area contributed by atoms with E-state index in [9.17, 15) is 9.59 Å². The smallest absolute Gasteiger partial charge is 0.262 e. The lowest BCUT2D eigenvalue weighted by Gasteiger charge is -2.33. The maximum absolute atomic E-state index is 12.2. The van der Waals surface area contributed by atoms with E-state index in [1.165, 1.54) is 38.5 Å². The van der Waals surface area contributed by atoms with Gasteiger partial charge in [0.25, 0.3) is 11.5 Å². The number of halogens is 1. The number of likely N-dealkylation sites (tertiary alicyclic amines) is 2. The predicted molar refractivity (Wildman–Crippen MR) is 104 cm³/mol. The number of aromatic nitrogens is 1. The van der Waals surface area contributed by atoms with Gasteiger partial charge in [-0.2, -0.15) is 0 Å². The van der Waals surface area contributed by atoms with Crippen molar-refractivity contribution in [1.29, 1.82) is 0 Å². The van der Waals surface area contributed by atoms with Crippen LogP contribution in [0.25, 0.3) is 0 Å². The average molecular weight is 382 g/mol. The molecule has 2 saturated heterocycles. The van der Waals surface area contributed by atoms with Crippen LogP contribution in [0.1, 0.15) is 36.0 Å². The van der Waals surface area contributed by atoms with E-state index in [0.29, 0.717) is 12.5 Å². The quantitative estimate of drug-likeness (QED) is 0.687. The Labute approximate surface area is 158 Å². The first kappa shape index (κ1) is 19.2. The maximum atomic E-state index is 12.2. The van der Waals surface area contributed by atoms with Crippen LogP contribution in [0.3, 0.4) is 0 Å². The zero-order valence-corrected chi connectivity index (χ0v) is 15.9. The third kappa shape index (κ3) is 4.99. The molecule has 26 heavy (non-hydrogen) atoms. The number of nitrogens with one attached hydrogen (secondary N) is 2. The number of amides is 1. The standard InChI is InChI=1S/C18H28ClN5O2/c19-15-11-14(18(26)22-16(15)20)17(25)21-12-13-3-7-24(8-4-13)10-9-23-5-1-2-6-23/h11,13H,1-10,12H2,(H,21,25)(H3,20,22,26). The lowest BCUT2D eigenvalue weighted by atomic mass is 9.96. The minimum Gasteiger partial charge on any atom is -0.384 e.